The monoisotopic (exact) mass is 340 g/mol. The highest BCUT2D eigenvalue weighted by atomic mass is 35.5. The lowest BCUT2D eigenvalue weighted by Crippen LogP contribution is -2.05. The van der Waals surface area contributed by atoms with Crippen LogP contribution >= 0.6 is 11.6 Å². The number of sulfone groups is 1. The van der Waals surface area contributed by atoms with E-state index in [9.17, 15) is 8.42 Å². The second-order valence-electron chi connectivity index (χ2n) is 4.74. The van der Waals surface area contributed by atoms with E-state index in [1.54, 1.807) is 18.2 Å². The molecule has 2 aromatic rings. The summed E-state index contributed by atoms with van der Waals surface area (Å²) in [6.07, 6.45) is 0. The number of benzene rings is 2. The highest BCUT2D eigenvalue weighted by Gasteiger charge is 2.20. The van der Waals surface area contributed by atoms with Gasteiger partial charge in [0, 0.05) is 0 Å². The molecule has 7 heteroatoms. The van der Waals surface area contributed by atoms with Crippen LogP contribution in [0, 0.1) is 0 Å². The number of halogens is 1. The number of hydrogen-bond acceptors (Lipinski definition) is 5. The largest absolute Gasteiger partial charge is 0.495 e. The van der Waals surface area contributed by atoms with Gasteiger partial charge < -0.3 is 14.2 Å². The maximum atomic E-state index is 12.5. The number of rotatable bonds is 4. The van der Waals surface area contributed by atoms with Gasteiger partial charge in [0.2, 0.25) is 6.79 Å². The van der Waals surface area contributed by atoms with Crippen LogP contribution in [-0.4, -0.2) is 22.3 Å². The summed E-state index contributed by atoms with van der Waals surface area (Å²) in [7, 11) is -2.04. The zero-order chi connectivity index (χ0) is 15.7. The average Bonchev–Trinajstić information content (AvgIpc) is 2.94. The molecular formula is C15H13ClO5S. The summed E-state index contributed by atoms with van der Waals surface area (Å²) >= 11 is 5.99. The molecule has 0 bridgehead atoms. The molecule has 116 valence electrons. The van der Waals surface area contributed by atoms with Gasteiger partial charge in [-0.15, -0.1) is 0 Å². The number of fused-ring (bicyclic) bond motifs is 1. The Morgan fingerprint density at radius 2 is 1.91 bits per heavy atom. The lowest BCUT2D eigenvalue weighted by Gasteiger charge is -2.08. The maximum Gasteiger partial charge on any atom is 0.231 e. The first-order chi connectivity index (χ1) is 10.5. The van der Waals surface area contributed by atoms with E-state index in [0.717, 1.165) is 0 Å². The third kappa shape index (κ3) is 2.84. The predicted molar refractivity (Wildman–Crippen MR) is 81.5 cm³/mol. The lowest BCUT2D eigenvalue weighted by atomic mass is 10.2. The van der Waals surface area contributed by atoms with Crippen LogP contribution in [0.4, 0.5) is 0 Å². The highest BCUT2D eigenvalue weighted by molar-refractivity contribution is 7.90. The molecule has 0 atom stereocenters. The highest BCUT2D eigenvalue weighted by Crippen LogP contribution is 2.34. The maximum absolute atomic E-state index is 12.5. The molecule has 0 radical (unpaired) electrons. The zero-order valence-corrected chi connectivity index (χ0v) is 13.3. The Morgan fingerprint density at radius 1 is 1.14 bits per heavy atom. The van der Waals surface area contributed by atoms with Crippen molar-refractivity contribution in [1.29, 1.82) is 0 Å². The molecule has 0 unspecified atom stereocenters. The molecule has 2 aromatic carbocycles. The van der Waals surface area contributed by atoms with E-state index in [-0.39, 0.29) is 22.5 Å². The summed E-state index contributed by atoms with van der Waals surface area (Å²) in [5.41, 5.74) is 0.621. The lowest BCUT2D eigenvalue weighted by molar-refractivity contribution is 0.174. The summed E-state index contributed by atoms with van der Waals surface area (Å²) in [6, 6.07) is 9.49. The molecule has 0 spiro atoms. The van der Waals surface area contributed by atoms with E-state index in [4.69, 9.17) is 25.8 Å². The molecule has 1 aliphatic rings. The molecule has 0 aliphatic carbocycles. The quantitative estimate of drug-likeness (QED) is 0.856. The van der Waals surface area contributed by atoms with Crippen LogP contribution in [0.3, 0.4) is 0 Å². The van der Waals surface area contributed by atoms with Crippen molar-refractivity contribution in [3.8, 4) is 17.2 Å². The first-order valence-corrected chi connectivity index (χ1v) is 8.47. The molecule has 0 N–H and O–H groups in total. The minimum Gasteiger partial charge on any atom is -0.495 e. The fourth-order valence-electron chi connectivity index (χ4n) is 2.17. The third-order valence-corrected chi connectivity index (χ3v) is 5.26. The van der Waals surface area contributed by atoms with Crippen molar-refractivity contribution in [2.45, 2.75) is 10.6 Å². The minimum absolute atomic E-state index is 0.147. The van der Waals surface area contributed by atoms with Gasteiger partial charge in [0.05, 0.1) is 22.8 Å². The van der Waals surface area contributed by atoms with Crippen molar-refractivity contribution in [2.75, 3.05) is 13.9 Å². The van der Waals surface area contributed by atoms with Crippen LogP contribution < -0.4 is 14.2 Å². The Bertz CT molecular complexity index is 817. The predicted octanol–water partition coefficient (Wildman–Crippen LogP) is 3.05. The van der Waals surface area contributed by atoms with Crippen LogP contribution in [0.5, 0.6) is 17.2 Å². The summed E-state index contributed by atoms with van der Waals surface area (Å²) in [5, 5.41) is 0.259. The molecule has 1 heterocycles. The smallest absolute Gasteiger partial charge is 0.231 e. The molecule has 0 saturated heterocycles. The molecule has 5 nitrogen and oxygen atoms in total. The van der Waals surface area contributed by atoms with Crippen molar-refractivity contribution in [1.82, 2.24) is 0 Å². The Kier molecular flexibility index (Phi) is 3.88. The van der Waals surface area contributed by atoms with Crippen molar-refractivity contribution in [3.63, 3.8) is 0 Å². The van der Waals surface area contributed by atoms with Gasteiger partial charge in [0.15, 0.2) is 21.3 Å². The van der Waals surface area contributed by atoms with Gasteiger partial charge in [-0.1, -0.05) is 17.7 Å². The van der Waals surface area contributed by atoms with Crippen molar-refractivity contribution in [2.24, 2.45) is 0 Å². The van der Waals surface area contributed by atoms with E-state index >= 15 is 0 Å². The third-order valence-electron chi connectivity index (χ3n) is 3.28. The molecule has 0 amide bonds. The normalized spacial score (nSPS) is 13.2. The van der Waals surface area contributed by atoms with E-state index in [1.807, 2.05) is 0 Å². The van der Waals surface area contributed by atoms with Crippen LogP contribution in [0.2, 0.25) is 5.02 Å². The van der Waals surface area contributed by atoms with Gasteiger partial charge in [-0.3, -0.25) is 0 Å². The van der Waals surface area contributed by atoms with Crippen LogP contribution in [0.25, 0.3) is 0 Å². The van der Waals surface area contributed by atoms with Gasteiger partial charge in [0.1, 0.15) is 5.75 Å². The van der Waals surface area contributed by atoms with Crippen LogP contribution in [0.15, 0.2) is 41.3 Å². The second kappa shape index (κ2) is 5.70. The number of methoxy groups -OCH3 is 1. The van der Waals surface area contributed by atoms with E-state index < -0.39 is 9.84 Å². The van der Waals surface area contributed by atoms with Gasteiger partial charge in [-0.05, 0) is 35.9 Å². The van der Waals surface area contributed by atoms with E-state index in [2.05, 4.69) is 0 Å². The number of ether oxygens (including phenoxy) is 3. The Hall–Kier alpha value is -1.92. The fraction of sp³-hybridized carbons (Fsp3) is 0.200. The van der Waals surface area contributed by atoms with Crippen LogP contribution in [-0.2, 0) is 15.6 Å². The molecular weight excluding hydrogens is 328 g/mol. The summed E-state index contributed by atoms with van der Waals surface area (Å²) in [5.74, 6) is 1.46. The summed E-state index contributed by atoms with van der Waals surface area (Å²) < 4.78 is 40.4. The standard InChI is InChI=1S/C15H13ClO5S/c1-19-13-5-3-11(7-12(13)16)22(17,18)8-10-2-4-14-15(6-10)21-9-20-14/h2-7H,8-9H2,1H3. The first-order valence-electron chi connectivity index (χ1n) is 6.44. The number of hydrogen-bond donors (Lipinski definition) is 0. The summed E-state index contributed by atoms with van der Waals surface area (Å²) in [6.45, 7) is 0.152. The SMILES string of the molecule is COc1ccc(S(=O)(=O)Cc2ccc3c(c2)OCO3)cc1Cl. The van der Waals surface area contributed by atoms with Gasteiger partial charge in [0.25, 0.3) is 0 Å². The fourth-order valence-corrected chi connectivity index (χ4v) is 3.85. The van der Waals surface area contributed by atoms with E-state index in [1.165, 1.54) is 25.3 Å². The average molecular weight is 341 g/mol. The summed E-state index contributed by atoms with van der Waals surface area (Å²) in [4.78, 5) is 0.149. The van der Waals surface area contributed by atoms with Gasteiger partial charge in [-0.2, -0.15) is 0 Å². The molecule has 22 heavy (non-hydrogen) atoms. The molecule has 0 saturated carbocycles. The van der Waals surface area contributed by atoms with Crippen molar-refractivity contribution in [3.05, 3.63) is 47.0 Å². The van der Waals surface area contributed by atoms with Gasteiger partial charge >= 0.3 is 0 Å². The first kappa shape index (κ1) is 15.0. The van der Waals surface area contributed by atoms with Crippen molar-refractivity contribution < 1.29 is 22.6 Å². The Morgan fingerprint density at radius 3 is 2.64 bits per heavy atom. The topological polar surface area (TPSA) is 61.8 Å². The van der Waals surface area contributed by atoms with E-state index in [0.29, 0.717) is 22.8 Å². The Labute approximate surface area is 133 Å². The minimum atomic E-state index is -3.51. The zero-order valence-electron chi connectivity index (χ0n) is 11.7. The van der Waals surface area contributed by atoms with Crippen molar-refractivity contribution >= 4 is 21.4 Å². The molecule has 1 aliphatic heterocycles. The molecule has 0 fully saturated rings. The van der Waals surface area contributed by atoms with Gasteiger partial charge in [-0.25, -0.2) is 8.42 Å². The second-order valence-corrected chi connectivity index (χ2v) is 7.14. The molecule has 0 aromatic heterocycles. The molecule has 3 rings (SSSR count). The van der Waals surface area contributed by atoms with Crippen LogP contribution in [0.1, 0.15) is 5.56 Å². The Balaban J connectivity index is 1.89.